The van der Waals surface area contributed by atoms with Crippen molar-refractivity contribution in [3.63, 3.8) is 0 Å². The minimum Gasteiger partial charge on any atom is -0.548 e. The van der Waals surface area contributed by atoms with Gasteiger partial charge in [-0.15, -0.1) is 0 Å². The lowest BCUT2D eigenvalue weighted by Crippen LogP contribution is -2.48. The number of carbonyl (C=O) groups is 2. The molecule has 0 radical (unpaired) electrons. The van der Waals surface area contributed by atoms with Gasteiger partial charge in [0, 0.05) is 19.1 Å². The number of non-ortho nitro benzene ring substituents is 1. The van der Waals surface area contributed by atoms with Crippen molar-refractivity contribution in [3.05, 3.63) is 39.9 Å². The van der Waals surface area contributed by atoms with E-state index in [1.165, 1.54) is 25.1 Å². The molecule has 0 aromatic heterocycles. The first-order valence-electron chi connectivity index (χ1n) is 5.11. The Morgan fingerprint density at radius 1 is 1.44 bits per heavy atom. The predicted octanol–water partition coefficient (Wildman–Crippen LogP) is -0.608. The third-order valence-electron chi connectivity index (χ3n) is 2.22. The lowest BCUT2D eigenvalue weighted by Gasteiger charge is -2.18. The van der Waals surface area contributed by atoms with Crippen molar-refractivity contribution in [1.29, 1.82) is 0 Å². The fraction of sp³-hybridized carbons (Fsp3) is 0.273. The average Bonchev–Trinajstić information content (AvgIpc) is 2.27. The summed E-state index contributed by atoms with van der Waals surface area (Å²) in [5.41, 5.74) is 0.305. The van der Waals surface area contributed by atoms with Crippen LogP contribution in [-0.4, -0.2) is 22.8 Å². The van der Waals surface area contributed by atoms with Gasteiger partial charge < -0.3 is 15.2 Å². The lowest BCUT2D eigenvalue weighted by atomic mass is 10.1. The number of rotatable bonds is 5. The number of amides is 1. The summed E-state index contributed by atoms with van der Waals surface area (Å²) < 4.78 is 0. The standard InChI is InChI=1S/C11H12N2O5/c1-7(14)12-10(11(15)16)6-8-3-2-4-9(5-8)13(17)18/h2-5,10H,6H2,1H3,(H,12,14)(H,15,16)/p-1. The number of nitro benzene ring substituents is 1. The number of benzene rings is 1. The van der Waals surface area contributed by atoms with Crippen LogP contribution in [-0.2, 0) is 16.0 Å². The molecule has 0 bridgehead atoms. The molecule has 1 N–H and O–H groups in total. The van der Waals surface area contributed by atoms with E-state index in [-0.39, 0.29) is 12.1 Å². The lowest BCUT2D eigenvalue weighted by molar-refractivity contribution is -0.384. The Morgan fingerprint density at radius 2 is 2.11 bits per heavy atom. The van der Waals surface area contributed by atoms with Gasteiger partial charge in [0.25, 0.3) is 5.69 Å². The van der Waals surface area contributed by atoms with Gasteiger partial charge in [-0.2, -0.15) is 0 Å². The third-order valence-corrected chi connectivity index (χ3v) is 2.22. The number of hydrogen-bond donors (Lipinski definition) is 1. The van der Waals surface area contributed by atoms with Gasteiger partial charge in [-0.3, -0.25) is 14.9 Å². The highest BCUT2D eigenvalue weighted by Gasteiger charge is 2.14. The fourth-order valence-corrected chi connectivity index (χ4v) is 1.47. The molecule has 1 aromatic rings. The van der Waals surface area contributed by atoms with Gasteiger partial charge in [-0.05, 0) is 12.0 Å². The van der Waals surface area contributed by atoms with Gasteiger partial charge in [-0.25, -0.2) is 0 Å². The van der Waals surface area contributed by atoms with Crippen LogP contribution in [0.2, 0.25) is 0 Å². The molecule has 7 heteroatoms. The molecule has 0 aliphatic heterocycles. The third kappa shape index (κ3) is 3.85. The molecule has 0 aliphatic rings. The fourth-order valence-electron chi connectivity index (χ4n) is 1.47. The van der Waals surface area contributed by atoms with Crippen LogP contribution in [0.1, 0.15) is 12.5 Å². The molecule has 1 rings (SSSR count). The summed E-state index contributed by atoms with van der Waals surface area (Å²) in [6.45, 7) is 1.18. The predicted molar refractivity (Wildman–Crippen MR) is 59.4 cm³/mol. The SMILES string of the molecule is CC(=O)NC(Cc1cccc([N+](=O)[O-])c1)C(=O)[O-]. The van der Waals surface area contributed by atoms with Crippen LogP contribution >= 0.6 is 0 Å². The smallest absolute Gasteiger partial charge is 0.269 e. The molecule has 7 nitrogen and oxygen atoms in total. The second-order valence-electron chi connectivity index (χ2n) is 3.70. The summed E-state index contributed by atoms with van der Waals surface area (Å²) in [6, 6.07) is 4.36. The highest BCUT2D eigenvalue weighted by molar-refractivity contribution is 5.81. The summed E-state index contributed by atoms with van der Waals surface area (Å²) in [4.78, 5) is 31.6. The number of hydrogen-bond acceptors (Lipinski definition) is 5. The Morgan fingerprint density at radius 3 is 2.61 bits per heavy atom. The Bertz CT molecular complexity index is 486. The number of nitrogens with one attached hydrogen (secondary N) is 1. The molecule has 0 aliphatic carbocycles. The van der Waals surface area contributed by atoms with Gasteiger partial charge in [0.05, 0.1) is 16.9 Å². The van der Waals surface area contributed by atoms with E-state index in [0.717, 1.165) is 0 Å². The van der Waals surface area contributed by atoms with E-state index in [4.69, 9.17) is 0 Å². The van der Waals surface area contributed by atoms with Crippen LogP contribution < -0.4 is 10.4 Å². The topological polar surface area (TPSA) is 112 Å². The Balaban J connectivity index is 2.86. The molecule has 0 saturated carbocycles. The van der Waals surface area contributed by atoms with Crippen molar-refractivity contribution in [2.45, 2.75) is 19.4 Å². The van der Waals surface area contributed by atoms with Gasteiger partial charge in [0.2, 0.25) is 5.91 Å². The number of nitro groups is 1. The quantitative estimate of drug-likeness (QED) is 0.554. The highest BCUT2D eigenvalue weighted by Crippen LogP contribution is 2.14. The van der Waals surface area contributed by atoms with E-state index in [9.17, 15) is 24.8 Å². The van der Waals surface area contributed by atoms with Crippen molar-refractivity contribution in [1.82, 2.24) is 5.32 Å². The summed E-state index contributed by atoms with van der Waals surface area (Å²) in [6.07, 6.45) is -0.0659. The molecule has 1 aromatic carbocycles. The largest absolute Gasteiger partial charge is 0.548 e. The minimum atomic E-state index is -1.43. The molecule has 1 unspecified atom stereocenters. The molecule has 0 heterocycles. The van der Waals surface area contributed by atoms with E-state index in [2.05, 4.69) is 5.32 Å². The van der Waals surface area contributed by atoms with Crippen molar-refractivity contribution < 1.29 is 19.6 Å². The molecule has 0 fully saturated rings. The zero-order valence-electron chi connectivity index (χ0n) is 9.58. The normalized spacial score (nSPS) is 11.6. The molecule has 1 amide bonds. The molecule has 0 saturated heterocycles. The highest BCUT2D eigenvalue weighted by atomic mass is 16.6. The molecule has 18 heavy (non-hydrogen) atoms. The Labute approximate surface area is 103 Å². The Kier molecular flexibility index (Phi) is 4.36. The van der Waals surface area contributed by atoms with Gasteiger partial charge in [0.1, 0.15) is 0 Å². The van der Waals surface area contributed by atoms with E-state index in [0.29, 0.717) is 5.56 Å². The maximum absolute atomic E-state index is 10.8. The van der Waals surface area contributed by atoms with Gasteiger partial charge in [0.15, 0.2) is 0 Å². The zero-order valence-corrected chi connectivity index (χ0v) is 9.58. The first-order valence-corrected chi connectivity index (χ1v) is 5.11. The number of carbonyl (C=O) groups excluding carboxylic acids is 2. The van der Waals surface area contributed by atoms with Crippen LogP contribution in [0.25, 0.3) is 0 Å². The number of aliphatic carboxylic acids is 1. The molecule has 96 valence electrons. The van der Waals surface area contributed by atoms with E-state index in [1.54, 1.807) is 6.07 Å². The van der Waals surface area contributed by atoms with Crippen LogP contribution in [0.15, 0.2) is 24.3 Å². The van der Waals surface area contributed by atoms with Crippen molar-refractivity contribution >= 4 is 17.6 Å². The molecular formula is C11H11N2O5-. The number of nitrogens with zero attached hydrogens (tertiary/aromatic N) is 1. The van der Waals surface area contributed by atoms with Crippen LogP contribution in [0.5, 0.6) is 0 Å². The summed E-state index contributed by atoms with van der Waals surface area (Å²) in [7, 11) is 0. The molecular weight excluding hydrogens is 240 g/mol. The maximum atomic E-state index is 10.8. The maximum Gasteiger partial charge on any atom is 0.269 e. The second-order valence-corrected chi connectivity index (χ2v) is 3.70. The first kappa shape index (κ1) is 13.6. The minimum absolute atomic E-state index is 0.0659. The Hall–Kier alpha value is -2.44. The second kappa shape index (κ2) is 5.76. The number of carboxylic acids is 1. The summed E-state index contributed by atoms with van der Waals surface area (Å²) >= 11 is 0. The van der Waals surface area contributed by atoms with Crippen LogP contribution in [0.3, 0.4) is 0 Å². The van der Waals surface area contributed by atoms with Gasteiger partial charge >= 0.3 is 0 Å². The van der Waals surface area contributed by atoms with Crippen molar-refractivity contribution in [2.24, 2.45) is 0 Å². The van der Waals surface area contributed by atoms with Crippen LogP contribution in [0, 0.1) is 10.1 Å². The van der Waals surface area contributed by atoms with Crippen molar-refractivity contribution in [3.8, 4) is 0 Å². The van der Waals surface area contributed by atoms with E-state index >= 15 is 0 Å². The number of carboxylic acid groups (broad SMARTS) is 1. The monoisotopic (exact) mass is 251 g/mol. The van der Waals surface area contributed by atoms with Crippen molar-refractivity contribution in [2.75, 3.05) is 0 Å². The zero-order chi connectivity index (χ0) is 13.7. The van der Waals surface area contributed by atoms with E-state index in [1.807, 2.05) is 0 Å². The van der Waals surface area contributed by atoms with Crippen LogP contribution in [0.4, 0.5) is 5.69 Å². The molecule has 0 spiro atoms. The van der Waals surface area contributed by atoms with Gasteiger partial charge in [-0.1, -0.05) is 12.1 Å². The summed E-state index contributed by atoms with van der Waals surface area (Å²) in [5, 5.41) is 23.6. The average molecular weight is 251 g/mol. The summed E-state index contributed by atoms with van der Waals surface area (Å²) in [5.74, 6) is -1.94. The first-order chi connectivity index (χ1) is 8.40. The van der Waals surface area contributed by atoms with E-state index < -0.39 is 22.8 Å². The molecule has 1 atom stereocenters.